The van der Waals surface area contributed by atoms with Crippen LogP contribution in [-0.2, 0) is 21.2 Å². The van der Waals surface area contributed by atoms with Crippen molar-refractivity contribution in [2.45, 2.75) is 26.7 Å². The number of nitrogens with one attached hydrogen (secondary N) is 2. The van der Waals surface area contributed by atoms with E-state index in [-0.39, 0.29) is 23.9 Å². The van der Waals surface area contributed by atoms with Gasteiger partial charge in [-0.2, -0.15) is 0 Å². The molecule has 0 aliphatic heterocycles. The summed E-state index contributed by atoms with van der Waals surface area (Å²) in [5.41, 5.74) is -1.00. The number of rotatable bonds is 8. The number of ketones is 1. The Morgan fingerprint density at radius 2 is 1.93 bits per heavy atom. The van der Waals surface area contributed by atoms with Gasteiger partial charge in [-0.15, -0.1) is 0 Å². The van der Waals surface area contributed by atoms with E-state index in [9.17, 15) is 26.8 Å². The van der Waals surface area contributed by atoms with E-state index in [2.05, 4.69) is 26.2 Å². The van der Waals surface area contributed by atoms with Crippen molar-refractivity contribution in [3.8, 4) is 0 Å². The molecule has 29 heavy (non-hydrogen) atoms. The molecule has 1 aromatic heterocycles. The lowest BCUT2D eigenvalue weighted by Gasteiger charge is -2.12. The van der Waals surface area contributed by atoms with Gasteiger partial charge in [-0.1, -0.05) is 6.92 Å². The molecule has 0 aliphatic carbocycles. The number of Topliss-reactive ketones (excluding diaryl/α,β-unsaturated/α-hetero) is 1. The Bertz CT molecular complexity index is 1060. The molecule has 1 amide bonds. The maximum Gasteiger partial charge on any atom is 0.232 e. The molecule has 0 aliphatic rings. The molecule has 11 heteroatoms. The van der Waals surface area contributed by atoms with Crippen LogP contribution >= 0.6 is 15.9 Å². The third-order valence-corrected chi connectivity index (χ3v) is 5.75. The molecular formula is C18H18BrF2N3O4S. The molecule has 7 nitrogen and oxygen atoms in total. The maximum atomic E-state index is 14.7. The highest BCUT2D eigenvalue weighted by atomic mass is 79.9. The molecule has 0 saturated carbocycles. The highest BCUT2D eigenvalue weighted by Crippen LogP contribution is 2.25. The van der Waals surface area contributed by atoms with Crippen LogP contribution in [0.4, 0.5) is 20.3 Å². The Balaban J connectivity index is 2.30. The summed E-state index contributed by atoms with van der Waals surface area (Å²) in [5, 5.41) is 2.48. The van der Waals surface area contributed by atoms with Crippen molar-refractivity contribution >= 4 is 49.1 Å². The van der Waals surface area contributed by atoms with Crippen LogP contribution in [0.25, 0.3) is 0 Å². The zero-order valence-electron chi connectivity index (χ0n) is 15.6. The minimum absolute atomic E-state index is 0.235. The second kappa shape index (κ2) is 9.40. The van der Waals surface area contributed by atoms with Gasteiger partial charge in [-0.25, -0.2) is 22.2 Å². The predicted molar refractivity (Wildman–Crippen MR) is 108 cm³/mol. The van der Waals surface area contributed by atoms with E-state index in [0.717, 1.165) is 12.1 Å². The summed E-state index contributed by atoms with van der Waals surface area (Å²) in [5.74, 6) is -3.62. The van der Waals surface area contributed by atoms with Gasteiger partial charge in [-0.3, -0.25) is 14.3 Å². The molecular weight excluding hydrogens is 472 g/mol. The fourth-order valence-corrected chi connectivity index (χ4v) is 4.11. The number of halogens is 3. The highest BCUT2D eigenvalue weighted by molar-refractivity contribution is 9.10. The standard InChI is InChI=1S/C18H18BrF2N3O4S/c1-3-6-29(27,28)24-14-5-4-13(20)16(17(14)21)15(26)8-11-7-12(19)18(22-9-11)23-10(2)25/h4-5,7,9,24H,3,6,8H2,1-2H3,(H,22,23,25). The van der Waals surface area contributed by atoms with E-state index < -0.39 is 38.7 Å². The molecule has 0 fully saturated rings. The number of hydrogen-bond donors (Lipinski definition) is 2. The first kappa shape index (κ1) is 22.9. The number of carbonyl (C=O) groups excluding carboxylic acids is 2. The molecule has 156 valence electrons. The molecule has 0 radical (unpaired) electrons. The minimum atomic E-state index is -3.82. The van der Waals surface area contributed by atoms with Crippen LogP contribution in [0.2, 0.25) is 0 Å². The van der Waals surface area contributed by atoms with E-state index in [0.29, 0.717) is 16.5 Å². The van der Waals surface area contributed by atoms with Crippen LogP contribution in [0.15, 0.2) is 28.9 Å². The normalized spacial score (nSPS) is 11.2. The van der Waals surface area contributed by atoms with Crippen LogP contribution in [0.5, 0.6) is 0 Å². The van der Waals surface area contributed by atoms with Gasteiger partial charge in [-0.05, 0) is 46.1 Å². The van der Waals surface area contributed by atoms with Crippen molar-refractivity contribution in [2.75, 3.05) is 15.8 Å². The fourth-order valence-electron chi connectivity index (χ4n) is 2.48. The van der Waals surface area contributed by atoms with Gasteiger partial charge in [0.2, 0.25) is 15.9 Å². The lowest BCUT2D eigenvalue weighted by Crippen LogP contribution is -2.19. The molecule has 2 N–H and O–H groups in total. The molecule has 1 aromatic carbocycles. The lowest BCUT2D eigenvalue weighted by atomic mass is 10.0. The zero-order chi connectivity index (χ0) is 21.8. The van der Waals surface area contributed by atoms with E-state index in [1.54, 1.807) is 6.92 Å². The Hall–Kier alpha value is -2.40. The van der Waals surface area contributed by atoms with Crippen molar-refractivity contribution < 1.29 is 26.8 Å². The van der Waals surface area contributed by atoms with Gasteiger partial charge < -0.3 is 5.32 Å². The smallest absolute Gasteiger partial charge is 0.232 e. The van der Waals surface area contributed by atoms with Crippen LogP contribution in [-0.4, -0.2) is 30.8 Å². The average molecular weight is 490 g/mol. The molecule has 2 aromatic rings. The largest absolute Gasteiger partial charge is 0.310 e. The van der Waals surface area contributed by atoms with Gasteiger partial charge in [0.1, 0.15) is 11.6 Å². The summed E-state index contributed by atoms with van der Waals surface area (Å²) in [6, 6.07) is 3.24. The molecule has 0 unspecified atom stereocenters. The summed E-state index contributed by atoms with van der Waals surface area (Å²) < 4.78 is 55.0. The molecule has 0 saturated heterocycles. The predicted octanol–water partition coefficient (Wildman–Crippen LogP) is 3.66. The summed E-state index contributed by atoms with van der Waals surface area (Å²) in [7, 11) is -3.82. The molecule has 1 heterocycles. The summed E-state index contributed by atoms with van der Waals surface area (Å²) in [6.07, 6.45) is 1.21. The van der Waals surface area contributed by atoms with Crippen molar-refractivity contribution in [3.63, 3.8) is 0 Å². The third-order valence-electron chi connectivity index (χ3n) is 3.67. The summed E-state index contributed by atoms with van der Waals surface area (Å²) in [6.45, 7) is 2.94. The number of nitrogens with zero attached hydrogens (tertiary/aromatic N) is 1. The lowest BCUT2D eigenvalue weighted by molar-refractivity contribution is -0.114. The Labute approximate surface area is 175 Å². The van der Waals surface area contributed by atoms with Gasteiger partial charge in [0.15, 0.2) is 11.6 Å². The summed E-state index contributed by atoms with van der Waals surface area (Å²) >= 11 is 3.20. The van der Waals surface area contributed by atoms with Gasteiger partial charge in [0.25, 0.3) is 0 Å². The van der Waals surface area contributed by atoms with E-state index in [1.165, 1.54) is 19.2 Å². The van der Waals surface area contributed by atoms with Crippen molar-refractivity contribution in [1.82, 2.24) is 4.98 Å². The number of aromatic nitrogens is 1. The Morgan fingerprint density at radius 1 is 1.24 bits per heavy atom. The highest BCUT2D eigenvalue weighted by Gasteiger charge is 2.23. The second-order valence-corrected chi connectivity index (χ2v) is 8.86. The summed E-state index contributed by atoms with van der Waals surface area (Å²) in [4.78, 5) is 27.6. The van der Waals surface area contributed by atoms with E-state index >= 15 is 0 Å². The molecule has 0 bridgehead atoms. The van der Waals surface area contributed by atoms with Crippen molar-refractivity contribution in [2.24, 2.45) is 0 Å². The van der Waals surface area contributed by atoms with E-state index in [4.69, 9.17) is 0 Å². The number of carbonyl (C=O) groups is 2. The van der Waals surface area contributed by atoms with Gasteiger partial charge >= 0.3 is 0 Å². The third kappa shape index (κ3) is 6.04. The first-order valence-electron chi connectivity index (χ1n) is 8.47. The Morgan fingerprint density at radius 3 is 2.52 bits per heavy atom. The van der Waals surface area contributed by atoms with Crippen LogP contribution < -0.4 is 10.0 Å². The first-order chi connectivity index (χ1) is 13.5. The first-order valence-corrected chi connectivity index (χ1v) is 10.9. The SMILES string of the molecule is CCCS(=O)(=O)Nc1ccc(F)c(C(=O)Cc2cnc(NC(C)=O)c(Br)c2)c1F. The number of pyridine rings is 1. The number of amides is 1. The average Bonchev–Trinajstić information content (AvgIpc) is 2.59. The number of sulfonamides is 1. The van der Waals surface area contributed by atoms with Gasteiger partial charge in [0, 0.05) is 19.5 Å². The van der Waals surface area contributed by atoms with E-state index in [1.807, 2.05) is 4.72 Å². The number of benzene rings is 1. The minimum Gasteiger partial charge on any atom is -0.310 e. The zero-order valence-corrected chi connectivity index (χ0v) is 18.0. The molecule has 0 atom stereocenters. The topological polar surface area (TPSA) is 105 Å². The molecule has 0 spiro atoms. The maximum absolute atomic E-state index is 14.7. The molecule has 2 rings (SSSR count). The fraction of sp³-hybridized carbons (Fsp3) is 0.278. The number of anilines is 2. The van der Waals surface area contributed by atoms with Crippen LogP contribution in [0.3, 0.4) is 0 Å². The Kier molecular flexibility index (Phi) is 7.42. The number of hydrogen-bond acceptors (Lipinski definition) is 5. The monoisotopic (exact) mass is 489 g/mol. The van der Waals surface area contributed by atoms with Crippen LogP contribution in [0, 0.1) is 11.6 Å². The van der Waals surface area contributed by atoms with Crippen LogP contribution in [0.1, 0.15) is 36.2 Å². The quantitative estimate of drug-likeness (QED) is 0.550. The van der Waals surface area contributed by atoms with Gasteiger partial charge in [0.05, 0.1) is 21.5 Å². The van der Waals surface area contributed by atoms with Crippen molar-refractivity contribution in [1.29, 1.82) is 0 Å². The second-order valence-electron chi connectivity index (χ2n) is 6.16. The van der Waals surface area contributed by atoms with Crippen molar-refractivity contribution in [3.05, 3.63) is 51.6 Å².